The molecule has 0 aromatic carbocycles. The third-order valence-electron chi connectivity index (χ3n) is 1.72. The van der Waals surface area contributed by atoms with Crippen molar-refractivity contribution in [1.82, 2.24) is 9.38 Å². The van der Waals surface area contributed by atoms with Gasteiger partial charge in [-0.1, -0.05) is 0 Å². The number of halogens is 4. The van der Waals surface area contributed by atoms with Gasteiger partial charge in [-0.2, -0.15) is 0 Å². The first-order valence-corrected chi connectivity index (χ1v) is 5.57. The Morgan fingerprint density at radius 1 is 1.43 bits per heavy atom. The smallest absolute Gasteiger partial charge is 0.281 e. The molecule has 0 amide bonds. The highest BCUT2D eigenvalue weighted by atomic mass is 127. The molecule has 0 unspecified atom stereocenters. The Kier molecular flexibility index (Phi) is 2.74. The number of imidazole rings is 1. The van der Waals surface area contributed by atoms with Crippen molar-refractivity contribution in [2.75, 3.05) is 0 Å². The summed E-state index contributed by atoms with van der Waals surface area (Å²) in [6.07, 6.45) is 0.521. The van der Waals surface area contributed by atoms with Crippen LogP contribution < -0.4 is 0 Å². The van der Waals surface area contributed by atoms with Crippen LogP contribution in [0.4, 0.5) is 8.78 Å². The van der Waals surface area contributed by atoms with Gasteiger partial charge in [0.05, 0.1) is 3.57 Å². The molecule has 2 nitrogen and oxygen atoms in total. The molecule has 2 rings (SSSR count). The van der Waals surface area contributed by atoms with E-state index in [1.165, 1.54) is 6.20 Å². The summed E-state index contributed by atoms with van der Waals surface area (Å²) in [6.45, 7) is 0. The Morgan fingerprint density at radius 2 is 2.14 bits per heavy atom. The quantitative estimate of drug-likeness (QED) is 0.698. The second-order valence-corrected chi connectivity index (χ2v) is 4.78. The van der Waals surface area contributed by atoms with Crippen molar-refractivity contribution in [2.45, 2.75) is 6.43 Å². The molecule has 0 aliphatic heterocycles. The second kappa shape index (κ2) is 3.73. The fraction of sp³-hybridized carbons (Fsp3) is 0.125. The molecule has 74 valence electrons. The largest absolute Gasteiger partial charge is 0.305 e. The lowest BCUT2D eigenvalue weighted by atomic mass is 10.5. The van der Waals surface area contributed by atoms with E-state index >= 15 is 0 Å². The van der Waals surface area contributed by atoms with Crippen LogP contribution in [0.5, 0.6) is 0 Å². The van der Waals surface area contributed by atoms with E-state index in [0.717, 1.165) is 8.04 Å². The Hall–Kier alpha value is -0.240. The van der Waals surface area contributed by atoms with Crippen LogP contribution in [0, 0.1) is 3.57 Å². The van der Waals surface area contributed by atoms with E-state index < -0.39 is 6.43 Å². The monoisotopic (exact) mass is 372 g/mol. The number of nitrogens with zero attached hydrogens (tertiary/aromatic N) is 2. The van der Waals surface area contributed by atoms with E-state index in [9.17, 15) is 8.78 Å². The molecule has 0 bridgehead atoms. The molecule has 0 aliphatic carbocycles. The first-order chi connectivity index (χ1) is 6.58. The van der Waals surface area contributed by atoms with Gasteiger partial charge in [-0.25, -0.2) is 13.8 Å². The lowest BCUT2D eigenvalue weighted by molar-refractivity contribution is 0.147. The van der Waals surface area contributed by atoms with Gasteiger partial charge in [0.25, 0.3) is 6.43 Å². The molecule has 2 heterocycles. The van der Waals surface area contributed by atoms with E-state index in [1.807, 2.05) is 6.07 Å². The molecule has 0 saturated carbocycles. The van der Waals surface area contributed by atoms with Gasteiger partial charge in [-0.05, 0) is 44.6 Å². The van der Waals surface area contributed by atoms with E-state index in [-0.39, 0.29) is 5.69 Å². The summed E-state index contributed by atoms with van der Waals surface area (Å²) in [6, 6.07) is 1.83. The zero-order valence-corrected chi connectivity index (χ0v) is 10.5. The summed E-state index contributed by atoms with van der Waals surface area (Å²) in [7, 11) is 0. The summed E-state index contributed by atoms with van der Waals surface area (Å²) in [5.74, 6) is 0. The average Bonchev–Trinajstić information content (AvgIpc) is 2.47. The van der Waals surface area contributed by atoms with Crippen LogP contribution in [-0.4, -0.2) is 9.38 Å². The minimum Gasteiger partial charge on any atom is -0.305 e. The van der Waals surface area contributed by atoms with Crippen LogP contribution in [-0.2, 0) is 0 Å². The first kappa shape index (κ1) is 10.3. The molecule has 0 spiro atoms. The maximum absolute atomic E-state index is 12.3. The highest BCUT2D eigenvalue weighted by Crippen LogP contribution is 2.23. The molecule has 0 saturated heterocycles. The van der Waals surface area contributed by atoms with Crippen molar-refractivity contribution in [3.05, 3.63) is 32.2 Å². The van der Waals surface area contributed by atoms with Crippen molar-refractivity contribution in [3.63, 3.8) is 0 Å². The highest BCUT2D eigenvalue weighted by Gasteiger charge is 2.13. The minimum absolute atomic E-state index is 0.194. The van der Waals surface area contributed by atoms with Crippen molar-refractivity contribution >= 4 is 44.2 Å². The maximum Gasteiger partial charge on any atom is 0.281 e. The summed E-state index contributed by atoms with van der Waals surface area (Å²) in [4.78, 5) is 3.84. The number of alkyl halides is 2. The molecule has 0 N–H and O–H groups in total. The predicted octanol–water partition coefficient (Wildman–Crippen LogP) is 3.64. The fourth-order valence-corrected chi connectivity index (χ4v) is 2.76. The van der Waals surface area contributed by atoms with Crippen molar-refractivity contribution in [1.29, 1.82) is 0 Å². The van der Waals surface area contributed by atoms with Crippen molar-refractivity contribution < 1.29 is 8.78 Å². The molecule has 0 radical (unpaired) electrons. The van der Waals surface area contributed by atoms with Crippen LogP contribution in [0.2, 0.25) is 0 Å². The third-order valence-corrected chi connectivity index (χ3v) is 2.94. The van der Waals surface area contributed by atoms with Crippen LogP contribution in [0.3, 0.4) is 0 Å². The first-order valence-electron chi connectivity index (χ1n) is 3.69. The van der Waals surface area contributed by atoms with Gasteiger partial charge >= 0.3 is 0 Å². The molecule has 2 aromatic rings. The van der Waals surface area contributed by atoms with E-state index in [1.54, 1.807) is 10.6 Å². The predicted molar refractivity (Wildman–Crippen MR) is 60.6 cm³/mol. The highest BCUT2D eigenvalue weighted by molar-refractivity contribution is 14.1. The molecule has 2 aromatic heterocycles. The van der Waals surface area contributed by atoms with Crippen LogP contribution >= 0.6 is 38.5 Å². The van der Waals surface area contributed by atoms with Gasteiger partial charge in [0.15, 0.2) is 5.65 Å². The second-order valence-electron chi connectivity index (χ2n) is 2.70. The van der Waals surface area contributed by atoms with Gasteiger partial charge in [-0.15, -0.1) is 0 Å². The van der Waals surface area contributed by atoms with Crippen LogP contribution in [0.15, 0.2) is 22.9 Å². The Bertz CT molecular complexity index is 483. The number of aromatic nitrogens is 2. The van der Waals surface area contributed by atoms with Gasteiger partial charge in [-0.3, -0.25) is 0 Å². The summed E-state index contributed by atoms with van der Waals surface area (Å²) < 4.78 is 28.0. The van der Waals surface area contributed by atoms with Gasteiger partial charge in [0.2, 0.25) is 0 Å². The molecule has 14 heavy (non-hydrogen) atoms. The minimum atomic E-state index is -2.52. The number of rotatable bonds is 1. The lowest BCUT2D eigenvalue weighted by Crippen LogP contribution is -1.86. The summed E-state index contributed by atoms with van der Waals surface area (Å²) in [5.41, 5.74) is 0.366. The zero-order valence-electron chi connectivity index (χ0n) is 6.72. The van der Waals surface area contributed by atoms with E-state index in [2.05, 4.69) is 43.5 Å². The van der Waals surface area contributed by atoms with Crippen molar-refractivity contribution in [3.8, 4) is 0 Å². The topological polar surface area (TPSA) is 17.3 Å². The fourth-order valence-electron chi connectivity index (χ4n) is 1.15. The zero-order chi connectivity index (χ0) is 10.3. The summed E-state index contributed by atoms with van der Waals surface area (Å²) >= 11 is 5.35. The van der Waals surface area contributed by atoms with Gasteiger partial charge in [0, 0.05) is 16.9 Å². The van der Waals surface area contributed by atoms with Gasteiger partial charge < -0.3 is 4.40 Å². The number of pyridine rings is 1. The molecular formula is C8H4BrF2IN2. The SMILES string of the molecule is FC(F)c1cn2cc(Br)cc(I)c2n1. The van der Waals surface area contributed by atoms with E-state index in [0.29, 0.717) is 5.65 Å². The Labute approximate surface area is 101 Å². The normalized spacial score (nSPS) is 11.5. The maximum atomic E-state index is 12.3. The Morgan fingerprint density at radius 3 is 2.79 bits per heavy atom. The van der Waals surface area contributed by atoms with Crippen LogP contribution in [0.25, 0.3) is 5.65 Å². The van der Waals surface area contributed by atoms with E-state index in [4.69, 9.17) is 0 Å². The molecule has 0 atom stereocenters. The molecule has 6 heteroatoms. The van der Waals surface area contributed by atoms with Gasteiger partial charge in [0.1, 0.15) is 5.69 Å². The standard InChI is InChI=1S/C8H4BrF2IN2/c9-4-1-5(12)8-13-6(7(10)11)3-14(8)2-4/h1-3,7H. The van der Waals surface area contributed by atoms with Crippen LogP contribution in [0.1, 0.15) is 12.1 Å². The lowest BCUT2D eigenvalue weighted by Gasteiger charge is -1.96. The molecule has 0 aliphatic rings. The average molecular weight is 373 g/mol. The number of fused-ring (bicyclic) bond motifs is 1. The molecular weight excluding hydrogens is 369 g/mol. The number of hydrogen-bond acceptors (Lipinski definition) is 1. The Balaban J connectivity index is 2.70. The summed E-state index contributed by atoms with van der Waals surface area (Å²) in [5, 5.41) is 0. The number of hydrogen-bond donors (Lipinski definition) is 0. The third kappa shape index (κ3) is 1.77. The van der Waals surface area contributed by atoms with Crippen molar-refractivity contribution in [2.24, 2.45) is 0 Å². The molecule has 0 fully saturated rings.